The Hall–Kier alpha value is -3.00. The summed E-state index contributed by atoms with van der Waals surface area (Å²) >= 11 is 0. The maximum Gasteiger partial charge on any atom is 0.170 e. The first-order valence-electron chi connectivity index (χ1n) is 6.32. The molecule has 2 aromatic carbocycles. The monoisotopic (exact) mass is 281 g/mol. The van der Waals surface area contributed by atoms with Gasteiger partial charge in [-0.05, 0) is 42.0 Å². The SMILES string of the molecule is COc1ccc(/C(N)=N\OCc2ccc(C#N)cc2)cc1. The number of nitrogens with zero attached hydrogens (tertiary/aromatic N) is 2. The van der Waals surface area contributed by atoms with Crippen LogP contribution in [0.15, 0.2) is 53.7 Å². The Morgan fingerprint density at radius 3 is 2.38 bits per heavy atom. The Bertz CT molecular complexity index is 655. The van der Waals surface area contributed by atoms with Crippen LogP contribution in [0.5, 0.6) is 5.75 Å². The van der Waals surface area contributed by atoms with Gasteiger partial charge in [-0.2, -0.15) is 5.26 Å². The summed E-state index contributed by atoms with van der Waals surface area (Å²) in [5.41, 5.74) is 8.13. The maximum absolute atomic E-state index is 8.71. The van der Waals surface area contributed by atoms with Crippen molar-refractivity contribution in [2.45, 2.75) is 6.61 Å². The Morgan fingerprint density at radius 1 is 1.14 bits per heavy atom. The van der Waals surface area contributed by atoms with E-state index in [1.165, 1.54) is 0 Å². The van der Waals surface area contributed by atoms with Crippen molar-refractivity contribution in [2.24, 2.45) is 10.9 Å². The van der Waals surface area contributed by atoms with Gasteiger partial charge < -0.3 is 15.3 Å². The first kappa shape index (κ1) is 14.4. The maximum atomic E-state index is 8.71. The molecule has 0 aliphatic rings. The van der Waals surface area contributed by atoms with Crippen molar-refractivity contribution < 1.29 is 9.57 Å². The minimum Gasteiger partial charge on any atom is -0.497 e. The molecule has 5 heteroatoms. The molecule has 0 aliphatic heterocycles. The van der Waals surface area contributed by atoms with E-state index in [-0.39, 0.29) is 0 Å². The number of oxime groups is 1. The van der Waals surface area contributed by atoms with Gasteiger partial charge >= 0.3 is 0 Å². The number of nitriles is 1. The molecular formula is C16H15N3O2. The summed E-state index contributed by atoms with van der Waals surface area (Å²) in [6, 6.07) is 16.4. The zero-order valence-corrected chi connectivity index (χ0v) is 11.6. The highest BCUT2D eigenvalue weighted by atomic mass is 16.6. The minimum absolute atomic E-state index is 0.294. The number of amidine groups is 1. The third kappa shape index (κ3) is 3.98. The summed E-state index contributed by atoms with van der Waals surface area (Å²) in [5.74, 6) is 1.05. The summed E-state index contributed by atoms with van der Waals surface area (Å²) < 4.78 is 5.07. The van der Waals surface area contributed by atoms with Crippen molar-refractivity contribution in [3.8, 4) is 11.8 Å². The summed E-state index contributed by atoms with van der Waals surface area (Å²) in [5, 5.41) is 12.6. The van der Waals surface area contributed by atoms with E-state index in [0.29, 0.717) is 18.0 Å². The zero-order chi connectivity index (χ0) is 15.1. The molecule has 0 saturated carbocycles. The predicted octanol–water partition coefficient (Wildman–Crippen LogP) is 2.40. The van der Waals surface area contributed by atoms with Crippen LogP contribution in [-0.4, -0.2) is 12.9 Å². The van der Waals surface area contributed by atoms with Gasteiger partial charge in [0.25, 0.3) is 0 Å². The van der Waals surface area contributed by atoms with Gasteiger partial charge in [-0.1, -0.05) is 17.3 Å². The number of nitrogens with two attached hydrogens (primary N) is 1. The van der Waals surface area contributed by atoms with Crippen molar-refractivity contribution in [2.75, 3.05) is 7.11 Å². The second kappa shape index (κ2) is 6.96. The van der Waals surface area contributed by atoms with E-state index in [0.717, 1.165) is 16.9 Å². The summed E-state index contributed by atoms with van der Waals surface area (Å²) in [6.07, 6.45) is 0. The average molecular weight is 281 g/mol. The van der Waals surface area contributed by atoms with Crippen molar-refractivity contribution >= 4 is 5.84 Å². The molecule has 2 aromatic rings. The molecule has 0 amide bonds. The van der Waals surface area contributed by atoms with Gasteiger partial charge in [-0.15, -0.1) is 0 Å². The molecule has 0 aliphatic carbocycles. The molecule has 0 atom stereocenters. The number of hydrogen-bond acceptors (Lipinski definition) is 4. The van der Waals surface area contributed by atoms with Crippen molar-refractivity contribution in [3.63, 3.8) is 0 Å². The molecular weight excluding hydrogens is 266 g/mol. The second-order valence-electron chi connectivity index (χ2n) is 4.29. The number of ether oxygens (including phenoxy) is 1. The number of methoxy groups -OCH3 is 1. The van der Waals surface area contributed by atoms with Crippen LogP contribution in [0.1, 0.15) is 16.7 Å². The van der Waals surface area contributed by atoms with E-state index < -0.39 is 0 Å². The largest absolute Gasteiger partial charge is 0.497 e. The van der Waals surface area contributed by atoms with Crippen molar-refractivity contribution in [1.82, 2.24) is 0 Å². The number of hydrogen-bond donors (Lipinski definition) is 1. The predicted molar refractivity (Wildman–Crippen MR) is 79.7 cm³/mol. The molecule has 0 unspecified atom stereocenters. The molecule has 5 nitrogen and oxygen atoms in total. The summed E-state index contributed by atoms with van der Waals surface area (Å²) in [7, 11) is 1.60. The molecule has 0 aromatic heterocycles. The lowest BCUT2D eigenvalue weighted by Gasteiger charge is -2.04. The van der Waals surface area contributed by atoms with Crippen molar-refractivity contribution in [1.29, 1.82) is 5.26 Å². The van der Waals surface area contributed by atoms with Gasteiger partial charge in [0, 0.05) is 5.56 Å². The molecule has 0 heterocycles. The Labute approximate surface area is 123 Å². The van der Waals surface area contributed by atoms with E-state index in [9.17, 15) is 0 Å². The van der Waals surface area contributed by atoms with E-state index in [4.69, 9.17) is 20.6 Å². The molecule has 0 bridgehead atoms. The highest BCUT2D eigenvalue weighted by Crippen LogP contribution is 2.11. The first-order valence-corrected chi connectivity index (χ1v) is 6.32. The molecule has 0 spiro atoms. The van der Waals surface area contributed by atoms with Crippen LogP contribution in [0.3, 0.4) is 0 Å². The van der Waals surface area contributed by atoms with Gasteiger partial charge in [0.1, 0.15) is 12.4 Å². The van der Waals surface area contributed by atoms with Crippen LogP contribution >= 0.6 is 0 Å². The topological polar surface area (TPSA) is 80.6 Å². The molecule has 0 radical (unpaired) electrons. The summed E-state index contributed by atoms with van der Waals surface area (Å²) in [6.45, 7) is 0.294. The Kier molecular flexibility index (Phi) is 4.78. The Balaban J connectivity index is 1.94. The fraction of sp³-hybridized carbons (Fsp3) is 0.125. The molecule has 0 fully saturated rings. The van der Waals surface area contributed by atoms with Gasteiger partial charge in [-0.3, -0.25) is 0 Å². The smallest absolute Gasteiger partial charge is 0.170 e. The Morgan fingerprint density at radius 2 is 1.81 bits per heavy atom. The van der Waals surface area contributed by atoms with Crippen molar-refractivity contribution in [3.05, 3.63) is 65.2 Å². The molecule has 2 rings (SSSR count). The van der Waals surface area contributed by atoms with E-state index >= 15 is 0 Å². The summed E-state index contributed by atoms with van der Waals surface area (Å²) in [4.78, 5) is 5.21. The third-order valence-corrected chi connectivity index (χ3v) is 2.86. The third-order valence-electron chi connectivity index (χ3n) is 2.86. The highest BCUT2D eigenvalue weighted by molar-refractivity contribution is 5.97. The lowest BCUT2D eigenvalue weighted by atomic mass is 10.2. The quantitative estimate of drug-likeness (QED) is 0.518. The molecule has 0 saturated heterocycles. The molecule has 21 heavy (non-hydrogen) atoms. The minimum atomic E-state index is 0.294. The van der Waals surface area contributed by atoms with Crippen LogP contribution in [0.4, 0.5) is 0 Å². The second-order valence-corrected chi connectivity index (χ2v) is 4.29. The van der Waals surface area contributed by atoms with Gasteiger partial charge in [0.15, 0.2) is 5.84 Å². The van der Waals surface area contributed by atoms with E-state index in [1.54, 1.807) is 31.4 Å². The van der Waals surface area contributed by atoms with Crippen LogP contribution in [0.2, 0.25) is 0 Å². The number of benzene rings is 2. The average Bonchev–Trinajstić information content (AvgIpc) is 2.55. The lowest BCUT2D eigenvalue weighted by molar-refractivity contribution is 0.130. The standard InChI is InChI=1S/C16H15N3O2/c1-20-15-8-6-14(7-9-15)16(18)19-21-11-13-4-2-12(10-17)3-5-13/h2-9H,11H2,1H3,(H2,18,19). The zero-order valence-electron chi connectivity index (χ0n) is 11.6. The lowest BCUT2D eigenvalue weighted by Crippen LogP contribution is -2.13. The number of rotatable bonds is 5. The van der Waals surface area contributed by atoms with Gasteiger partial charge in [-0.25, -0.2) is 0 Å². The van der Waals surface area contributed by atoms with Crippen LogP contribution in [-0.2, 0) is 11.4 Å². The highest BCUT2D eigenvalue weighted by Gasteiger charge is 2.00. The fourth-order valence-electron chi connectivity index (χ4n) is 1.67. The fourth-order valence-corrected chi connectivity index (χ4v) is 1.67. The van der Waals surface area contributed by atoms with Crippen LogP contribution < -0.4 is 10.5 Å². The first-order chi connectivity index (χ1) is 10.2. The molecule has 2 N–H and O–H groups in total. The van der Waals surface area contributed by atoms with Gasteiger partial charge in [0.05, 0.1) is 18.7 Å². The van der Waals surface area contributed by atoms with Crippen LogP contribution in [0, 0.1) is 11.3 Å². The van der Waals surface area contributed by atoms with Crippen LogP contribution in [0.25, 0.3) is 0 Å². The van der Waals surface area contributed by atoms with E-state index in [1.807, 2.05) is 24.3 Å². The molecule has 106 valence electrons. The normalized spacial score (nSPS) is 10.8. The van der Waals surface area contributed by atoms with Gasteiger partial charge in [0.2, 0.25) is 0 Å². The van der Waals surface area contributed by atoms with E-state index in [2.05, 4.69) is 11.2 Å².